The van der Waals surface area contributed by atoms with Crippen LogP contribution >= 0.6 is 0 Å². The van der Waals surface area contributed by atoms with Crippen LogP contribution in [0.5, 0.6) is 0 Å². The van der Waals surface area contributed by atoms with Crippen molar-refractivity contribution in [2.75, 3.05) is 19.3 Å². The first kappa shape index (κ1) is 16.0. The van der Waals surface area contributed by atoms with Crippen molar-refractivity contribution < 1.29 is 9.59 Å². The minimum Gasteiger partial charge on any atom is -0.399 e. The van der Waals surface area contributed by atoms with Crippen molar-refractivity contribution in [1.29, 1.82) is 0 Å². The van der Waals surface area contributed by atoms with Crippen LogP contribution in [-0.4, -0.2) is 35.8 Å². The van der Waals surface area contributed by atoms with Gasteiger partial charge in [0.25, 0.3) is 5.91 Å². The molecule has 5 nitrogen and oxygen atoms in total. The van der Waals surface area contributed by atoms with Gasteiger partial charge in [-0.15, -0.1) is 0 Å². The van der Waals surface area contributed by atoms with E-state index in [-0.39, 0.29) is 23.9 Å². The number of anilines is 1. The van der Waals surface area contributed by atoms with E-state index in [2.05, 4.69) is 5.32 Å². The highest BCUT2D eigenvalue weighted by atomic mass is 16.2. The number of aryl methyl sites for hydroxylation is 1. The first-order valence-corrected chi connectivity index (χ1v) is 6.53. The second-order valence-electron chi connectivity index (χ2n) is 6.03. The van der Waals surface area contributed by atoms with Gasteiger partial charge in [-0.1, -0.05) is 6.07 Å². The molecule has 0 saturated heterocycles. The van der Waals surface area contributed by atoms with Gasteiger partial charge in [-0.25, -0.2) is 0 Å². The molecule has 1 aromatic rings. The van der Waals surface area contributed by atoms with Crippen LogP contribution in [0.2, 0.25) is 0 Å². The van der Waals surface area contributed by atoms with Crippen molar-refractivity contribution in [2.45, 2.75) is 33.2 Å². The molecule has 0 atom stereocenters. The molecule has 0 aliphatic rings. The zero-order chi connectivity index (χ0) is 15.5. The molecule has 0 aliphatic heterocycles. The highest BCUT2D eigenvalue weighted by Gasteiger charge is 2.19. The van der Waals surface area contributed by atoms with Gasteiger partial charge in [-0.2, -0.15) is 0 Å². The fourth-order valence-corrected chi connectivity index (χ4v) is 1.82. The Kier molecular flexibility index (Phi) is 4.76. The van der Waals surface area contributed by atoms with Crippen LogP contribution in [0.4, 0.5) is 5.69 Å². The second kappa shape index (κ2) is 5.94. The molecule has 0 heterocycles. The van der Waals surface area contributed by atoms with E-state index >= 15 is 0 Å². The van der Waals surface area contributed by atoms with Crippen LogP contribution < -0.4 is 11.1 Å². The van der Waals surface area contributed by atoms with E-state index in [1.54, 1.807) is 25.2 Å². The van der Waals surface area contributed by atoms with Crippen molar-refractivity contribution >= 4 is 17.5 Å². The summed E-state index contributed by atoms with van der Waals surface area (Å²) in [5, 5.41) is 2.82. The van der Waals surface area contributed by atoms with Crippen molar-refractivity contribution in [3.8, 4) is 0 Å². The standard InChI is InChI=1S/C15H23N3O2/c1-10-6-7-11(16)8-12(10)14(20)18(5)9-13(19)17-15(2,3)4/h6-8H,9,16H2,1-5H3,(H,17,19). The normalized spacial score (nSPS) is 11.1. The minimum atomic E-state index is -0.311. The largest absolute Gasteiger partial charge is 0.399 e. The molecule has 0 radical (unpaired) electrons. The first-order chi connectivity index (χ1) is 9.10. The van der Waals surface area contributed by atoms with Gasteiger partial charge in [-0.3, -0.25) is 9.59 Å². The van der Waals surface area contributed by atoms with E-state index in [0.29, 0.717) is 11.3 Å². The molecule has 0 saturated carbocycles. The lowest BCUT2D eigenvalue weighted by Crippen LogP contribution is -2.46. The molecule has 1 aromatic carbocycles. The molecule has 3 N–H and O–H groups in total. The maximum Gasteiger partial charge on any atom is 0.254 e. The number of nitrogens with zero attached hydrogens (tertiary/aromatic N) is 1. The van der Waals surface area contributed by atoms with E-state index < -0.39 is 0 Å². The zero-order valence-corrected chi connectivity index (χ0v) is 12.8. The van der Waals surface area contributed by atoms with Crippen LogP contribution in [0.15, 0.2) is 18.2 Å². The Morgan fingerprint density at radius 1 is 1.30 bits per heavy atom. The van der Waals surface area contributed by atoms with E-state index in [4.69, 9.17) is 5.73 Å². The fourth-order valence-electron chi connectivity index (χ4n) is 1.82. The number of hydrogen-bond acceptors (Lipinski definition) is 3. The van der Waals surface area contributed by atoms with E-state index in [0.717, 1.165) is 5.56 Å². The summed E-state index contributed by atoms with van der Waals surface area (Å²) in [4.78, 5) is 25.5. The molecule has 5 heteroatoms. The van der Waals surface area contributed by atoms with Gasteiger partial charge in [0.15, 0.2) is 0 Å². The molecule has 0 bridgehead atoms. The number of rotatable bonds is 3. The minimum absolute atomic E-state index is 0.0182. The number of carbonyl (C=O) groups excluding carboxylic acids is 2. The molecule has 1 rings (SSSR count). The summed E-state index contributed by atoms with van der Waals surface area (Å²) in [6, 6.07) is 5.18. The quantitative estimate of drug-likeness (QED) is 0.823. The highest BCUT2D eigenvalue weighted by Crippen LogP contribution is 2.14. The summed E-state index contributed by atoms with van der Waals surface area (Å²) in [5.74, 6) is -0.395. The van der Waals surface area contributed by atoms with Crippen molar-refractivity contribution in [2.24, 2.45) is 0 Å². The van der Waals surface area contributed by atoms with Crippen LogP contribution in [0.3, 0.4) is 0 Å². The lowest BCUT2D eigenvalue weighted by molar-refractivity contribution is -0.122. The number of nitrogen functional groups attached to an aromatic ring is 1. The van der Waals surface area contributed by atoms with Gasteiger partial charge >= 0.3 is 0 Å². The molecule has 0 spiro atoms. The van der Waals surface area contributed by atoms with Gasteiger partial charge in [0, 0.05) is 23.8 Å². The molecular weight excluding hydrogens is 254 g/mol. The lowest BCUT2D eigenvalue weighted by atomic mass is 10.1. The van der Waals surface area contributed by atoms with E-state index in [1.165, 1.54) is 4.90 Å². The molecule has 0 unspecified atom stereocenters. The zero-order valence-electron chi connectivity index (χ0n) is 12.8. The Bertz CT molecular complexity index is 518. The molecule has 0 fully saturated rings. The summed E-state index contributed by atoms with van der Waals surface area (Å²) in [7, 11) is 1.60. The van der Waals surface area contributed by atoms with Crippen LogP contribution in [0.1, 0.15) is 36.7 Å². The Hall–Kier alpha value is -2.04. The van der Waals surface area contributed by atoms with Crippen LogP contribution in [0, 0.1) is 6.92 Å². The van der Waals surface area contributed by atoms with Crippen molar-refractivity contribution in [3.63, 3.8) is 0 Å². The molecular formula is C15H23N3O2. The first-order valence-electron chi connectivity index (χ1n) is 6.53. The van der Waals surface area contributed by atoms with Gasteiger partial charge in [0.05, 0.1) is 6.54 Å². The molecule has 0 aliphatic carbocycles. The van der Waals surface area contributed by atoms with Gasteiger partial charge in [-0.05, 0) is 45.4 Å². The fraction of sp³-hybridized carbons (Fsp3) is 0.467. The van der Waals surface area contributed by atoms with Gasteiger partial charge in [0.1, 0.15) is 0 Å². The van der Waals surface area contributed by atoms with Crippen LogP contribution in [0.25, 0.3) is 0 Å². The van der Waals surface area contributed by atoms with Gasteiger partial charge in [0.2, 0.25) is 5.91 Å². The number of nitrogens with one attached hydrogen (secondary N) is 1. The Labute approximate surface area is 120 Å². The number of likely N-dealkylation sites (N-methyl/N-ethyl adjacent to an activating group) is 1. The summed E-state index contributed by atoms with van der Waals surface area (Å²) < 4.78 is 0. The molecule has 0 aromatic heterocycles. The third-order valence-corrected chi connectivity index (χ3v) is 2.73. The third-order valence-electron chi connectivity index (χ3n) is 2.73. The molecule has 20 heavy (non-hydrogen) atoms. The summed E-state index contributed by atoms with van der Waals surface area (Å²) >= 11 is 0. The lowest BCUT2D eigenvalue weighted by Gasteiger charge is -2.23. The number of amides is 2. The SMILES string of the molecule is Cc1ccc(N)cc1C(=O)N(C)CC(=O)NC(C)(C)C. The number of hydrogen-bond donors (Lipinski definition) is 2. The van der Waals surface area contributed by atoms with E-state index in [1.807, 2.05) is 27.7 Å². The topological polar surface area (TPSA) is 75.4 Å². The number of nitrogens with two attached hydrogens (primary N) is 1. The average molecular weight is 277 g/mol. The van der Waals surface area contributed by atoms with Crippen LogP contribution in [-0.2, 0) is 4.79 Å². The summed E-state index contributed by atoms with van der Waals surface area (Å²) in [5.41, 5.74) is 7.29. The number of carbonyl (C=O) groups is 2. The van der Waals surface area contributed by atoms with E-state index in [9.17, 15) is 9.59 Å². The van der Waals surface area contributed by atoms with Crippen molar-refractivity contribution in [3.05, 3.63) is 29.3 Å². The Balaban J connectivity index is 2.77. The van der Waals surface area contributed by atoms with Crippen molar-refractivity contribution in [1.82, 2.24) is 10.2 Å². The average Bonchev–Trinajstić information content (AvgIpc) is 2.28. The number of benzene rings is 1. The second-order valence-corrected chi connectivity index (χ2v) is 6.03. The maximum atomic E-state index is 12.3. The smallest absolute Gasteiger partial charge is 0.254 e. The summed E-state index contributed by atoms with van der Waals surface area (Å²) in [6.07, 6.45) is 0. The predicted octanol–water partition coefficient (Wildman–Crippen LogP) is 1.56. The highest BCUT2D eigenvalue weighted by molar-refractivity contribution is 5.98. The Morgan fingerprint density at radius 2 is 1.90 bits per heavy atom. The monoisotopic (exact) mass is 277 g/mol. The predicted molar refractivity (Wildman–Crippen MR) is 80.4 cm³/mol. The summed E-state index contributed by atoms with van der Waals surface area (Å²) in [6.45, 7) is 7.55. The van der Waals surface area contributed by atoms with Gasteiger partial charge < -0.3 is 16.0 Å². The molecule has 110 valence electrons. The Morgan fingerprint density at radius 3 is 2.45 bits per heavy atom. The molecule has 2 amide bonds. The maximum absolute atomic E-state index is 12.3. The third kappa shape index (κ3) is 4.57.